The Hall–Kier alpha value is -2.21. The summed E-state index contributed by atoms with van der Waals surface area (Å²) in [5, 5.41) is 7.90. The van der Waals surface area contributed by atoms with Crippen molar-refractivity contribution in [2.24, 2.45) is 7.05 Å². The first-order valence-corrected chi connectivity index (χ1v) is 8.57. The van der Waals surface area contributed by atoms with E-state index >= 15 is 0 Å². The summed E-state index contributed by atoms with van der Waals surface area (Å²) in [6, 6.07) is 4.63. The van der Waals surface area contributed by atoms with Crippen molar-refractivity contribution in [3.05, 3.63) is 47.5 Å². The van der Waals surface area contributed by atoms with Crippen molar-refractivity contribution in [3.8, 4) is 0 Å². The van der Waals surface area contributed by atoms with Crippen LogP contribution in [0.5, 0.6) is 0 Å². The molecule has 2 aromatic heterocycles. The average Bonchev–Trinajstić information content (AvgIpc) is 3.31. The maximum atomic E-state index is 12.6. The molecule has 4 rings (SSSR count). The molecule has 2 aliphatic rings. The van der Waals surface area contributed by atoms with Gasteiger partial charge in [-0.05, 0) is 31.4 Å². The van der Waals surface area contributed by atoms with E-state index in [-0.39, 0.29) is 18.0 Å². The molecule has 2 fully saturated rings. The number of carbonyl (C=O) groups is 1. The van der Waals surface area contributed by atoms with Gasteiger partial charge in [-0.25, -0.2) is 0 Å². The minimum absolute atomic E-state index is 0.0793. The number of amides is 1. The lowest BCUT2D eigenvalue weighted by molar-refractivity contribution is -0.129. The van der Waals surface area contributed by atoms with Crippen molar-refractivity contribution in [3.63, 3.8) is 0 Å². The molecule has 1 saturated carbocycles. The molecule has 0 radical (unpaired) electrons. The number of nitrogens with one attached hydrogen (secondary N) is 1. The molecule has 1 N–H and O–H groups in total. The molecule has 1 aliphatic carbocycles. The van der Waals surface area contributed by atoms with Gasteiger partial charge in [-0.15, -0.1) is 0 Å². The predicted octanol–water partition coefficient (Wildman–Crippen LogP) is 1.72. The zero-order chi connectivity index (χ0) is 16.7. The summed E-state index contributed by atoms with van der Waals surface area (Å²) in [4.78, 5) is 18.9. The van der Waals surface area contributed by atoms with E-state index in [1.165, 1.54) is 5.56 Å². The largest absolute Gasteiger partial charge is 0.331 e. The lowest BCUT2D eigenvalue weighted by Crippen LogP contribution is -2.37. The highest BCUT2D eigenvalue weighted by molar-refractivity contribution is 5.81. The van der Waals surface area contributed by atoms with Crippen LogP contribution in [0.4, 0.5) is 0 Å². The maximum Gasteiger partial charge on any atom is 0.225 e. The quantitative estimate of drug-likeness (QED) is 0.909. The van der Waals surface area contributed by atoms with E-state index in [1.807, 2.05) is 30.2 Å². The Morgan fingerprint density at radius 1 is 1.33 bits per heavy atom. The molecule has 126 valence electrons. The number of hydrogen-bond donors (Lipinski definition) is 1. The fourth-order valence-electron chi connectivity index (χ4n) is 3.62. The Morgan fingerprint density at radius 2 is 2.17 bits per heavy atom. The number of rotatable bonds is 5. The van der Waals surface area contributed by atoms with Gasteiger partial charge in [-0.2, -0.15) is 5.10 Å². The first-order valence-electron chi connectivity index (χ1n) is 8.57. The van der Waals surface area contributed by atoms with Crippen LogP contribution in [0, 0.1) is 6.92 Å². The molecule has 1 amide bonds. The third-order valence-corrected chi connectivity index (χ3v) is 5.22. The fourth-order valence-corrected chi connectivity index (χ4v) is 3.62. The molecule has 6 nitrogen and oxygen atoms in total. The lowest BCUT2D eigenvalue weighted by atomic mass is 10.0. The van der Waals surface area contributed by atoms with Crippen LogP contribution >= 0.6 is 0 Å². The summed E-state index contributed by atoms with van der Waals surface area (Å²) in [6.45, 7) is 2.80. The van der Waals surface area contributed by atoms with Crippen LogP contribution < -0.4 is 5.32 Å². The van der Waals surface area contributed by atoms with Crippen LogP contribution in [0.25, 0.3) is 0 Å². The first-order chi connectivity index (χ1) is 11.6. The van der Waals surface area contributed by atoms with Crippen molar-refractivity contribution in [1.82, 2.24) is 25.0 Å². The summed E-state index contributed by atoms with van der Waals surface area (Å²) in [5.74, 6) is 0.256. The summed E-state index contributed by atoms with van der Waals surface area (Å²) in [7, 11) is 1.95. The monoisotopic (exact) mass is 325 g/mol. The van der Waals surface area contributed by atoms with Crippen LogP contribution in [0.2, 0.25) is 0 Å². The minimum Gasteiger partial charge on any atom is -0.331 e. The Labute approximate surface area is 141 Å². The van der Waals surface area contributed by atoms with Crippen molar-refractivity contribution in [1.29, 1.82) is 0 Å². The number of carbonyl (C=O) groups excluding carboxylic acids is 1. The highest BCUT2D eigenvalue weighted by Crippen LogP contribution is 2.41. The average molecular weight is 325 g/mol. The Kier molecular flexibility index (Phi) is 3.84. The van der Waals surface area contributed by atoms with Crippen LogP contribution in [0.15, 0.2) is 30.7 Å². The van der Waals surface area contributed by atoms with Gasteiger partial charge in [0, 0.05) is 55.7 Å². The van der Waals surface area contributed by atoms with Crippen molar-refractivity contribution in [2.75, 3.05) is 0 Å². The molecular formula is C18H23N5O. The number of pyridine rings is 1. The number of aromatic nitrogens is 3. The molecule has 1 saturated heterocycles. The standard InChI is InChI=1S/C18H23N5O/c1-12-14(11-21-22(12)2)10-20-16-8-17(24)23(15-5-6-15)18(16)13-4-3-7-19-9-13/h3-4,7,9,11,15-16,18,20H,5-6,8,10H2,1-2H3/t16-,18+/m1/s1. The summed E-state index contributed by atoms with van der Waals surface area (Å²) in [5.41, 5.74) is 3.46. The van der Waals surface area contributed by atoms with E-state index < -0.39 is 0 Å². The van der Waals surface area contributed by atoms with Crippen molar-refractivity contribution >= 4 is 5.91 Å². The van der Waals surface area contributed by atoms with Gasteiger partial charge in [0.15, 0.2) is 0 Å². The molecule has 3 heterocycles. The molecule has 0 aromatic carbocycles. The van der Waals surface area contributed by atoms with Crippen LogP contribution in [-0.2, 0) is 18.4 Å². The minimum atomic E-state index is 0.0793. The molecule has 0 spiro atoms. The van der Waals surface area contributed by atoms with E-state index in [9.17, 15) is 4.79 Å². The molecule has 1 aliphatic heterocycles. The summed E-state index contributed by atoms with van der Waals surface area (Å²) >= 11 is 0. The first kappa shape index (κ1) is 15.3. The summed E-state index contributed by atoms with van der Waals surface area (Å²) < 4.78 is 1.88. The Balaban J connectivity index is 1.56. The van der Waals surface area contributed by atoms with Gasteiger partial charge in [-0.1, -0.05) is 6.07 Å². The normalized spacial score (nSPS) is 23.9. The third-order valence-electron chi connectivity index (χ3n) is 5.22. The fraction of sp³-hybridized carbons (Fsp3) is 0.500. The van der Waals surface area contributed by atoms with E-state index in [4.69, 9.17) is 0 Å². The number of likely N-dealkylation sites (tertiary alicyclic amines) is 1. The smallest absolute Gasteiger partial charge is 0.225 e. The van der Waals surface area contributed by atoms with Gasteiger partial charge < -0.3 is 10.2 Å². The SMILES string of the molecule is Cc1c(CN[C@@H]2CC(=O)N(C3CC3)[C@H]2c2cccnc2)cnn1C. The highest BCUT2D eigenvalue weighted by Gasteiger charge is 2.47. The number of nitrogens with zero attached hydrogens (tertiary/aromatic N) is 4. The Bertz CT molecular complexity index is 737. The van der Waals surface area contributed by atoms with Gasteiger partial charge in [0.25, 0.3) is 0 Å². The van der Waals surface area contributed by atoms with Crippen molar-refractivity contribution in [2.45, 2.75) is 50.9 Å². The second kappa shape index (κ2) is 6.02. The molecule has 0 unspecified atom stereocenters. The Morgan fingerprint density at radius 3 is 2.79 bits per heavy atom. The molecule has 2 atom stereocenters. The van der Waals surface area contributed by atoms with Crippen LogP contribution in [0.3, 0.4) is 0 Å². The van der Waals surface area contributed by atoms with Gasteiger partial charge in [0.1, 0.15) is 0 Å². The molecule has 6 heteroatoms. The van der Waals surface area contributed by atoms with E-state index in [2.05, 4.69) is 33.3 Å². The zero-order valence-electron chi connectivity index (χ0n) is 14.1. The number of hydrogen-bond acceptors (Lipinski definition) is 4. The molecule has 0 bridgehead atoms. The molecular weight excluding hydrogens is 302 g/mol. The van der Waals surface area contributed by atoms with E-state index in [0.717, 1.165) is 30.6 Å². The van der Waals surface area contributed by atoms with E-state index in [0.29, 0.717) is 12.5 Å². The number of aryl methyl sites for hydroxylation is 1. The lowest BCUT2D eigenvalue weighted by Gasteiger charge is -2.29. The van der Waals surface area contributed by atoms with Gasteiger partial charge in [0.05, 0.1) is 12.2 Å². The zero-order valence-corrected chi connectivity index (χ0v) is 14.1. The summed E-state index contributed by atoms with van der Waals surface area (Å²) in [6.07, 6.45) is 8.37. The maximum absolute atomic E-state index is 12.6. The van der Waals surface area contributed by atoms with Crippen molar-refractivity contribution < 1.29 is 4.79 Å². The predicted molar refractivity (Wildman–Crippen MR) is 90.0 cm³/mol. The topological polar surface area (TPSA) is 63.1 Å². The third kappa shape index (κ3) is 2.71. The second-order valence-electron chi connectivity index (χ2n) is 6.83. The van der Waals surface area contributed by atoms with Crippen LogP contribution in [-0.4, -0.2) is 37.7 Å². The van der Waals surface area contributed by atoms with Gasteiger partial charge >= 0.3 is 0 Å². The van der Waals surface area contributed by atoms with Gasteiger partial charge in [-0.3, -0.25) is 14.5 Å². The molecule has 2 aromatic rings. The highest BCUT2D eigenvalue weighted by atomic mass is 16.2. The second-order valence-corrected chi connectivity index (χ2v) is 6.83. The van der Waals surface area contributed by atoms with Crippen LogP contribution in [0.1, 0.15) is 42.1 Å². The van der Waals surface area contributed by atoms with E-state index in [1.54, 1.807) is 6.20 Å². The molecule has 24 heavy (non-hydrogen) atoms. The van der Waals surface area contributed by atoms with Gasteiger partial charge in [0.2, 0.25) is 5.91 Å².